The van der Waals surface area contributed by atoms with E-state index < -0.39 is 0 Å². The van der Waals surface area contributed by atoms with Crippen LogP contribution in [0.4, 0.5) is 5.13 Å². The number of carbonyl (C=O) groups is 1. The number of rotatable bonds is 8. The molecule has 0 radical (unpaired) electrons. The van der Waals surface area contributed by atoms with Gasteiger partial charge >= 0.3 is 0 Å². The Morgan fingerprint density at radius 3 is 2.92 bits per heavy atom. The molecule has 3 aromatic rings. The topological polar surface area (TPSA) is 95.1 Å². The lowest BCUT2D eigenvalue weighted by Crippen LogP contribution is -2.15. The minimum Gasteiger partial charge on any atom is -0.469 e. The molecule has 1 amide bonds. The second-order valence-electron chi connectivity index (χ2n) is 5.47. The predicted octanol–water partition coefficient (Wildman–Crippen LogP) is 2.99. The maximum absolute atomic E-state index is 12.1. The maximum Gasteiger partial charge on any atom is 0.236 e. The molecule has 3 rings (SSSR count). The van der Waals surface area contributed by atoms with Crippen LogP contribution >= 0.6 is 23.1 Å². The van der Waals surface area contributed by atoms with E-state index in [9.17, 15) is 4.79 Å². The molecular weight excluding hydrogens is 374 g/mol. The summed E-state index contributed by atoms with van der Waals surface area (Å²) < 4.78 is 12.5. The van der Waals surface area contributed by atoms with E-state index in [1.807, 2.05) is 29.9 Å². The number of ether oxygens (including phenoxy) is 1. The highest BCUT2D eigenvalue weighted by Crippen LogP contribution is 2.27. The number of nitrogens with one attached hydrogen (secondary N) is 1. The van der Waals surface area contributed by atoms with Gasteiger partial charge in [0.1, 0.15) is 5.76 Å². The molecular formula is C16H19N5O3S2. The monoisotopic (exact) mass is 393 g/mol. The number of carbonyl (C=O) groups excluding carboxylic acids is 1. The molecule has 3 aromatic heterocycles. The van der Waals surface area contributed by atoms with Gasteiger partial charge in [0.05, 0.1) is 36.4 Å². The van der Waals surface area contributed by atoms with Crippen molar-refractivity contribution in [1.82, 2.24) is 19.7 Å². The molecule has 0 saturated carbocycles. The summed E-state index contributed by atoms with van der Waals surface area (Å²) in [5.74, 6) is 1.55. The van der Waals surface area contributed by atoms with Crippen LogP contribution in [0.2, 0.25) is 0 Å². The van der Waals surface area contributed by atoms with E-state index in [0.717, 1.165) is 17.0 Å². The Morgan fingerprint density at radius 1 is 1.42 bits per heavy atom. The molecule has 26 heavy (non-hydrogen) atoms. The van der Waals surface area contributed by atoms with Gasteiger partial charge in [0.15, 0.2) is 16.1 Å². The van der Waals surface area contributed by atoms with Gasteiger partial charge < -0.3 is 14.5 Å². The molecule has 0 aliphatic heterocycles. The van der Waals surface area contributed by atoms with Crippen molar-refractivity contribution in [3.8, 4) is 11.4 Å². The number of aryl methyl sites for hydroxylation is 2. The van der Waals surface area contributed by atoms with Crippen LogP contribution < -0.4 is 5.32 Å². The Morgan fingerprint density at radius 2 is 2.27 bits per heavy atom. The molecule has 0 spiro atoms. The molecule has 0 unspecified atom stereocenters. The lowest BCUT2D eigenvalue weighted by Gasteiger charge is -2.09. The number of thiazole rings is 1. The number of aromatic nitrogens is 4. The summed E-state index contributed by atoms with van der Waals surface area (Å²) in [6.07, 6.45) is 1.62. The quantitative estimate of drug-likeness (QED) is 0.588. The molecule has 0 saturated heterocycles. The maximum atomic E-state index is 12.1. The number of anilines is 1. The average molecular weight is 393 g/mol. The Balaban J connectivity index is 1.71. The average Bonchev–Trinajstić information content (AvgIpc) is 3.31. The Bertz CT molecular complexity index is 886. The zero-order chi connectivity index (χ0) is 18.5. The van der Waals surface area contributed by atoms with Crippen molar-refractivity contribution in [3.05, 3.63) is 29.2 Å². The molecule has 0 aromatic carbocycles. The van der Waals surface area contributed by atoms with E-state index in [-0.39, 0.29) is 11.7 Å². The molecule has 1 N–H and O–H groups in total. The van der Waals surface area contributed by atoms with Crippen LogP contribution in [0, 0.1) is 13.8 Å². The Labute approximate surface area is 159 Å². The van der Waals surface area contributed by atoms with Gasteiger partial charge in [-0.3, -0.25) is 9.36 Å². The van der Waals surface area contributed by atoms with E-state index in [2.05, 4.69) is 20.5 Å². The van der Waals surface area contributed by atoms with E-state index >= 15 is 0 Å². The van der Waals surface area contributed by atoms with Crippen molar-refractivity contribution in [2.45, 2.75) is 25.5 Å². The van der Waals surface area contributed by atoms with Crippen LogP contribution in [0.5, 0.6) is 0 Å². The minimum atomic E-state index is -0.133. The zero-order valence-corrected chi connectivity index (χ0v) is 16.3. The molecule has 138 valence electrons. The van der Waals surface area contributed by atoms with E-state index in [0.29, 0.717) is 29.3 Å². The van der Waals surface area contributed by atoms with Crippen LogP contribution in [-0.2, 0) is 16.1 Å². The van der Waals surface area contributed by atoms with Gasteiger partial charge in [-0.05, 0) is 19.9 Å². The summed E-state index contributed by atoms with van der Waals surface area (Å²) in [5, 5.41) is 14.4. The molecule has 0 atom stereocenters. The fourth-order valence-electron chi connectivity index (χ4n) is 2.29. The molecule has 0 bridgehead atoms. The van der Waals surface area contributed by atoms with Crippen molar-refractivity contribution in [1.29, 1.82) is 0 Å². The molecule has 10 heteroatoms. The first-order chi connectivity index (χ1) is 12.6. The van der Waals surface area contributed by atoms with Gasteiger partial charge in [0.2, 0.25) is 5.91 Å². The number of furan rings is 1. The number of hydrogen-bond acceptors (Lipinski definition) is 8. The van der Waals surface area contributed by atoms with Gasteiger partial charge in [-0.25, -0.2) is 4.98 Å². The first-order valence-electron chi connectivity index (χ1n) is 7.90. The summed E-state index contributed by atoms with van der Waals surface area (Å²) in [6, 6.07) is 1.86. The van der Waals surface area contributed by atoms with Gasteiger partial charge in [-0.1, -0.05) is 11.8 Å². The SMILES string of the molecule is COCCn1c(SCC(=O)Nc2nc(C)cs2)nnc1-c1ccoc1C. The van der Waals surface area contributed by atoms with Crippen LogP contribution in [0.15, 0.2) is 27.3 Å². The number of nitrogens with zero attached hydrogens (tertiary/aromatic N) is 4. The first kappa shape index (κ1) is 18.6. The molecule has 0 aliphatic carbocycles. The molecule has 3 heterocycles. The molecule has 0 aliphatic rings. The number of hydrogen-bond donors (Lipinski definition) is 1. The largest absolute Gasteiger partial charge is 0.469 e. The molecule has 8 nitrogen and oxygen atoms in total. The fourth-order valence-corrected chi connectivity index (χ4v) is 3.76. The van der Waals surface area contributed by atoms with E-state index in [1.54, 1.807) is 13.4 Å². The Kier molecular flexibility index (Phi) is 6.07. The van der Waals surface area contributed by atoms with Crippen molar-refractivity contribution >= 4 is 34.1 Å². The van der Waals surface area contributed by atoms with Gasteiger partial charge in [0.25, 0.3) is 0 Å². The first-order valence-corrected chi connectivity index (χ1v) is 9.76. The number of methoxy groups -OCH3 is 1. The highest BCUT2D eigenvalue weighted by Gasteiger charge is 2.18. The van der Waals surface area contributed by atoms with E-state index in [4.69, 9.17) is 9.15 Å². The summed E-state index contributed by atoms with van der Waals surface area (Å²) in [6.45, 7) is 4.86. The Hall–Kier alpha value is -2.17. The highest BCUT2D eigenvalue weighted by molar-refractivity contribution is 7.99. The normalized spacial score (nSPS) is 11.0. The smallest absolute Gasteiger partial charge is 0.236 e. The standard InChI is InChI=1S/C16H19N5O3S2/c1-10-8-25-15(17-10)18-13(22)9-26-16-20-19-14(21(16)5-7-23-3)12-4-6-24-11(12)2/h4,6,8H,5,7,9H2,1-3H3,(H,17,18,22). The van der Waals surface area contributed by atoms with E-state index in [1.165, 1.54) is 23.1 Å². The van der Waals surface area contributed by atoms with Gasteiger partial charge in [0, 0.05) is 12.5 Å². The van der Waals surface area contributed by atoms with Crippen molar-refractivity contribution in [2.75, 3.05) is 24.8 Å². The number of amides is 1. The lowest BCUT2D eigenvalue weighted by atomic mass is 10.2. The summed E-state index contributed by atoms with van der Waals surface area (Å²) >= 11 is 2.73. The third-order valence-electron chi connectivity index (χ3n) is 3.53. The van der Waals surface area contributed by atoms with Crippen LogP contribution in [0.1, 0.15) is 11.5 Å². The summed E-state index contributed by atoms with van der Waals surface area (Å²) in [4.78, 5) is 16.4. The minimum absolute atomic E-state index is 0.133. The molecule has 0 fully saturated rings. The second-order valence-corrected chi connectivity index (χ2v) is 7.27. The van der Waals surface area contributed by atoms with Gasteiger partial charge in [-0.15, -0.1) is 21.5 Å². The summed E-state index contributed by atoms with van der Waals surface area (Å²) in [7, 11) is 1.64. The third kappa shape index (κ3) is 4.32. The van der Waals surface area contributed by atoms with Crippen LogP contribution in [0.25, 0.3) is 11.4 Å². The van der Waals surface area contributed by atoms with Crippen LogP contribution in [-0.4, -0.2) is 45.1 Å². The van der Waals surface area contributed by atoms with Gasteiger partial charge in [-0.2, -0.15) is 0 Å². The van der Waals surface area contributed by atoms with Crippen molar-refractivity contribution < 1.29 is 13.9 Å². The van der Waals surface area contributed by atoms with Crippen LogP contribution in [0.3, 0.4) is 0 Å². The lowest BCUT2D eigenvalue weighted by molar-refractivity contribution is -0.113. The second kappa shape index (κ2) is 8.47. The van der Waals surface area contributed by atoms with Crippen molar-refractivity contribution in [3.63, 3.8) is 0 Å². The third-order valence-corrected chi connectivity index (χ3v) is 5.38. The highest BCUT2D eigenvalue weighted by atomic mass is 32.2. The number of thioether (sulfide) groups is 1. The fraction of sp³-hybridized carbons (Fsp3) is 0.375. The predicted molar refractivity (Wildman–Crippen MR) is 101 cm³/mol. The summed E-state index contributed by atoms with van der Waals surface area (Å²) in [5.41, 5.74) is 1.76. The van der Waals surface area contributed by atoms with Crippen molar-refractivity contribution in [2.24, 2.45) is 0 Å². The zero-order valence-electron chi connectivity index (χ0n) is 14.7.